The summed E-state index contributed by atoms with van der Waals surface area (Å²) in [7, 11) is 0. The van der Waals surface area contributed by atoms with Crippen LogP contribution < -0.4 is 10.6 Å². The SMILES string of the molecule is CC(C)C1(CNC(=O)C2CCCCN2)CC1. The van der Waals surface area contributed by atoms with Crippen molar-refractivity contribution in [2.45, 2.75) is 52.0 Å². The minimum absolute atomic E-state index is 0.0664. The molecule has 1 atom stereocenters. The van der Waals surface area contributed by atoms with Gasteiger partial charge < -0.3 is 10.6 Å². The Kier molecular flexibility index (Phi) is 3.53. The molecule has 1 aliphatic carbocycles. The van der Waals surface area contributed by atoms with E-state index in [-0.39, 0.29) is 11.9 Å². The molecule has 1 saturated heterocycles. The third kappa shape index (κ3) is 2.57. The number of carbonyl (C=O) groups is 1. The average molecular weight is 224 g/mol. The zero-order valence-corrected chi connectivity index (χ0v) is 10.5. The Morgan fingerprint density at radius 1 is 1.44 bits per heavy atom. The van der Waals surface area contributed by atoms with Gasteiger partial charge in [0.05, 0.1) is 6.04 Å². The molecule has 92 valence electrons. The van der Waals surface area contributed by atoms with Crippen molar-refractivity contribution in [2.75, 3.05) is 13.1 Å². The van der Waals surface area contributed by atoms with Crippen LogP contribution in [0.3, 0.4) is 0 Å². The number of hydrogen-bond donors (Lipinski definition) is 2. The molecule has 0 radical (unpaired) electrons. The van der Waals surface area contributed by atoms with Crippen LogP contribution in [0.4, 0.5) is 0 Å². The normalized spacial score (nSPS) is 27.8. The lowest BCUT2D eigenvalue weighted by atomic mass is 9.92. The number of nitrogens with one attached hydrogen (secondary N) is 2. The standard InChI is InChI=1S/C13H24N2O/c1-10(2)13(6-7-13)9-15-12(16)11-5-3-4-8-14-11/h10-11,14H,3-9H2,1-2H3,(H,15,16). The van der Waals surface area contributed by atoms with Crippen LogP contribution in [-0.2, 0) is 4.79 Å². The van der Waals surface area contributed by atoms with Gasteiger partial charge in [-0.15, -0.1) is 0 Å². The second-order valence-corrected chi connectivity index (χ2v) is 5.74. The van der Waals surface area contributed by atoms with E-state index in [1.165, 1.54) is 25.7 Å². The lowest BCUT2D eigenvalue weighted by Crippen LogP contribution is -2.48. The van der Waals surface area contributed by atoms with Crippen LogP contribution in [0.15, 0.2) is 0 Å². The predicted molar refractivity (Wildman–Crippen MR) is 65.2 cm³/mol. The third-order valence-corrected chi connectivity index (χ3v) is 4.36. The van der Waals surface area contributed by atoms with E-state index < -0.39 is 0 Å². The van der Waals surface area contributed by atoms with Gasteiger partial charge in [-0.1, -0.05) is 20.3 Å². The Morgan fingerprint density at radius 3 is 2.69 bits per heavy atom. The van der Waals surface area contributed by atoms with Crippen molar-refractivity contribution in [1.29, 1.82) is 0 Å². The van der Waals surface area contributed by atoms with Crippen LogP contribution in [-0.4, -0.2) is 25.0 Å². The highest BCUT2D eigenvalue weighted by molar-refractivity contribution is 5.81. The molecule has 2 rings (SSSR count). The van der Waals surface area contributed by atoms with Crippen molar-refractivity contribution in [1.82, 2.24) is 10.6 Å². The Bertz CT molecular complexity index is 253. The summed E-state index contributed by atoms with van der Waals surface area (Å²) in [6, 6.07) is 0.0664. The first-order chi connectivity index (χ1) is 7.64. The number of piperidine rings is 1. The monoisotopic (exact) mass is 224 g/mol. The molecule has 3 nitrogen and oxygen atoms in total. The maximum atomic E-state index is 11.9. The van der Waals surface area contributed by atoms with Gasteiger partial charge in [-0.2, -0.15) is 0 Å². The van der Waals surface area contributed by atoms with Crippen LogP contribution in [0.1, 0.15) is 46.0 Å². The quantitative estimate of drug-likeness (QED) is 0.763. The van der Waals surface area contributed by atoms with E-state index in [2.05, 4.69) is 24.5 Å². The number of rotatable bonds is 4. The number of amides is 1. The van der Waals surface area contributed by atoms with Gasteiger partial charge in [0, 0.05) is 6.54 Å². The molecule has 1 saturated carbocycles. The second kappa shape index (κ2) is 4.74. The summed E-state index contributed by atoms with van der Waals surface area (Å²) in [5, 5.41) is 6.43. The van der Waals surface area contributed by atoms with Crippen molar-refractivity contribution in [3.05, 3.63) is 0 Å². The van der Waals surface area contributed by atoms with Crippen molar-refractivity contribution >= 4 is 5.91 Å². The lowest BCUT2D eigenvalue weighted by Gasteiger charge is -2.25. The molecule has 0 spiro atoms. The van der Waals surface area contributed by atoms with Crippen LogP contribution in [0.25, 0.3) is 0 Å². The van der Waals surface area contributed by atoms with E-state index in [1.807, 2.05) is 0 Å². The van der Waals surface area contributed by atoms with Crippen LogP contribution in [0.2, 0.25) is 0 Å². The Morgan fingerprint density at radius 2 is 2.19 bits per heavy atom. The zero-order valence-electron chi connectivity index (χ0n) is 10.5. The fourth-order valence-electron chi connectivity index (χ4n) is 2.58. The van der Waals surface area contributed by atoms with Gasteiger partial charge in [0.2, 0.25) is 5.91 Å². The van der Waals surface area contributed by atoms with Crippen molar-refractivity contribution < 1.29 is 4.79 Å². The summed E-state index contributed by atoms with van der Waals surface area (Å²) in [6.07, 6.45) is 5.95. The third-order valence-electron chi connectivity index (χ3n) is 4.36. The maximum Gasteiger partial charge on any atom is 0.237 e. The van der Waals surface area contributed by atoms with E-state index in [9.17, 15) is 4.79 Å². The fraction of sp³-hybridized carbons (Fsp3) is 0.923. The van der Waals surface area contributed by atoms with E-state index in [0.29, 0.717) is 11.3 Å². The van der Waals surface area contributed by atoms with Gasteiger partial charge in [-0.3, -0.25) is 4.79 Å². The molecule has 3 heteroatoms. The first-order valence-corrected chi connectivity index (χ1v) is 6.65. The molecule has 2 N–H and O–H groups in total. The topological polar surface area (TPSA) is 41.1 Å². The summed E-state index contributed by atoms with van der Waals surface area (Å²) in [5.74, 6) is 0.902. The summed E-state index contributed by atoms with van der Waals surface area (Å²) in [6.45, 7) is 6.39. The largest absolute Gasteiger partial charge is 0.354 e. The molecule has 1 amide bonds. The molecule has 0 bridgehead atoms. The Labute approximate surface area is 98.4 Å². The molecule has 16 heavy (non-hydrogen) atoms. The van der Waals surface area contributed by atoms with Crippen LogP contribution >= 0.6 is 0 Å². The fourth-order valence-corrected chi connectivity index (χ4v) is 2.58. The average Bonchev–Trinajstić information content (AvgIpc) is 3.08. The van der Waals surface area contributed by atoms with Gasteiger partial charge in [-0.25, -0.2) is 0 Å². The maximum absolute atomic E-state index is 11.9. The first kappa shape index (κ1) is 11.9. The molecular weight excluding hydrogens is 200 g/mol. The minimum Gasteiger partial charge on any atom is -0.354 e. The van der Waals surface area contributed by atoms with Crippen LogP contribution in [0.5, 0.6) is 0 Å². The highest BCUT2D eigenvalue weighted by Gasteiger charge is 2.45. The summed E-state index contributed by atoms with van der Waals surface area (Å²) < 4.78 is 0. The van der Waals surface area contributed by atoms with Gasteiger partial charge in [0.1, 0.15) is 0 Å². The highest BCUT2D eigenvalue weighted by atomic mass is 16.2. The van der Waals surface area contributed by atoms with Crippen LogP contribution in [0, 0.1) is 11.3 Å². The molecule has 2 aliphatic rings. The van der Waals surface area contributed by atoms with E-state index in [4.69, 9.17) is 0 Å². The lowest BCUT2D eigenvalue weighted by molar-refractivity contribution is -0.124. The molecular formula is C13H24N2O. The van der Waals surface area contributed by atoms with E-state index >= 15 is 0 Å². The summed E-state index contributed by atoms with van der Waals surface area (Å²) in [4.78, 5) is 11.9. The van der Waals surface area contributed by atoms with Crippen molar-refractivity contribution in [3.63, 3.8) is 0 Å². The predicted octanol–water partition coefficient (Wildman–Crippen LogP) is 1.68. The molecule has 0 aromatic rings. The molecule has 1 heterocycles. The van der Waals surface area contributed by atoms with Gasteiger partial charge in [0.25, 0.3) is 0 Å². The summed E-state index contributed by atoms with van der Waals surface area (Å²) >= 11 is 0. The number of carbonyl (C=O) groups excluding carboxylic acids is 1. The smallest absolute Gasteiger partial charge is 0.237 e. The Balaban J connectivity index is 1.75. The van der Waals surface area contributed by atoms with E-state index in [0.717, 1.165) is 19.5 Å². The number of hydrogen-bond acceptors (Lipinski definition) is 2. The zero-order chi connectivity index (χ0) is 11.6. The summed E-state index contributed by atoms with van der Waals surface area (Å²) in [5.41, 5.74) is 0.421. The molecule has 0 aromatic heterocycles. The Hall–Kier alpha value is -0.570. The van der Waals surface area contributed by atoms with Crippen molar-refractivity contribution in [3.8, 4) is 0 Å². The first-order valence-electron chi connectivity index (χ1n) is 6.65. The molecule has 1 unspecified atom stereocenters. The molecule has 1 aliphatic heterocycles. The second-order valence-electron chi connectivity index (χ2n) is 5.74. The highest BCUT2D eigenvalue weighted by Crippen LogP contribution is 2.51. The van der Waals surface area contributed by atoms with Gasteiger partial charge in [0.15, 0.2) is 0 Å². The van der Waals surface area contributed by atoms with Gasteiger partial charge >= 0.3 is 0 Å². The van der Waals surface area contributed by atoms with Gasteiger partial charge in [-0.05, 0) is 43.6 Å². The van der Waals surface area contributed by atoms with Crippen molar-refractivity contribution in [2.24, 2.45) is 11.3 Å². The molecule has 0 aromatic carbocycles. The molecule has 2 fully saturated rings. The minimum atomic E-state index is 0.0664. The van der Waals surface area contributed by atoms with E-state index in [1.54, 1.807) is 0 Å².